The van der Waals surface area contributed by atoms with Gasteiger partial charge in [-0.05, 0) is 61.3 Å². The number of hydrogen-bond donors (Lipinski definition) is 1. The number of carboxylic acids is 1. The fourth-order valence-electron chi connectivity index (χ4n) is 2.89. The number of rotatable bonds is 5. The Kier molecular flexibility index (Phi) is 4.19. The van der Waals surface area contributed by atoms with Crippen LogP contribution in [0.1, 0.15) is 41.9 Å². The largest absolute Gasteiger partial charge is 0.496 e. The van der Waals surface area contributed by atoms with Crippen molar-refractivity contribution >= 4 is 21.9 Å². The van der Waals surface area contributed by atoms with E-state index in [9.17, 15) is 4.79 Å². The van der Waals surface area contributed by atoms with Crippen LogP contribution in [0.3, 0.4) is 0 Å². The monoisotopic (exact) mass is 326 g/mol. The third kappa shape index (κ3) is 2.94. The molecule has 1 N–H and O–H groups in total. The number of methoxy groups -OCH3 is 1. The number of carbonyl (C=O) groups is 1. The van der Waals surface area contributed by atoms with Crippen LogP contribution in [0.15, 0.2) is 10.5 Å². The van der Waals surface area contributed by atoms with E-state index in [-0.39, 0.29) is 12.3 Å². The van der Waals surface area contributed by atoms with Gasteiger partial charge in [0.05, 0.1) is 13.5 Å². The number of benzene rings is 1. The van der Waals surface area contributed by atoms with Crippen molar-refractivity contribution in [3.05, 3.63) is 27.2 Å². The topological polar surface area (TPSA) is 46.5 Å². The highest BCUT2D eigenvalue weighted by Gasteiger charge is 2.36. The van der Waals surface area contributed by atoms with Crippen LogP contribution in [-0.4, -0.2) is 18.2 Å². The lowest BCUT2D eigenvalue weighted by molar-refractivity contribution is -0.137. The van der Waals surface area contributed by atoms with Crippen LogP contribution >= 0.6 is 15.9 Å². The second-order valence-corrected chi connectivity index (χ2v) is 6.14. The molecule has 1 aliphatic carbocycles. The minimum absolute atomic E-state index is 0.0846. The summed E-state index contributed by atoms with van der Waals surface area (Å²) in [6, 6.07) is 2.03. The van der Waals surface area contributed by atoms with Gasteiger partial charge in [-0.3, -0.25) is 4.79 Å². The van der Waals surface area contributed by atoms with Crippen molar-refractivity contribution in [1.82, 2.24) is 0 Å². The van der Waals surface area contributed by atoms with E-state index in [1.807, 2.05) is 19.9 Å². The van der Waals surface area contributed by atoms with Crippen LogP contribution < -0.4 is 4.74 Å². The molecule has 104 valence electrons. The van der Waals surface area contributed by atoms with Gasteiger partial charge in [0.2, 0.25) is 0 Å². The van der Waals surface area contributed by atoms with Crippen LogP contribution in [0.25, 0.3) is 0 Å². The Balaban J connectivity index is 2.49. The summed E-state index contributed by atoms with van der Waals surface area (Å²) in [5.74, 6) is 0.719. The second kappa shape index (κ2) is 5.53. The van der Waals surface area contributed by atoms with Gasteiger partial charge in [-0.2, -0.15) is 0 Å². The molecule has 0 spiro atoms. The maximum Gasteiger partial charge on any atom is 0.303 e. The lowest BCUT2D eigenvalue weighted by atomic mass is 9.87. The van der Waals surface area contributed by atoms with Gasteiger partial charge in [0.1, 0.15) is 5.75 Å². The molecule has 0 amide bonds. The van der Waals surface area contributed by atoms with Gasteiger partial charge in [0.15, 0.2) is 0 Å². The summed E-state index contributed by atoms with van der Waals surface area (Å²) in [6.45, 7) is 4.02. The summed E-state index contributed by atoms with van der Waals surface area (Å²) >= 11 is 3.60. The Morgan fingerprint density at radius 2 is 2.16 bits per heavy atom. The van der Waals surface area contributed by atoms with Gasteiger partial charge in [0.25, 0.3) is 0 Å². The van der Waals surface area contributed by atoms with Gasteiger partial charge in [0, 0.05) is 4.47 Å². The van der Waals surface area contributed by atoms with Crippen LogP contribution in [-0.2, 0) is 4.79 Å². The maximum atomic E-state index is 11.1. The molecule has 1 aromatic rings. The van der Waals surface area contributed by atoms with Gasteiger partial charge in [-0.25, -0.2) is 0 Å². The Hall–Kier alpha value is -1.03. The third-order valence-corrected chi connectivity index (χ3v) is 4.52. The molecule has 0 bridgehead atoms. The van der Waals surface area contributed by atoms with E-state index in [2.05, 4.69) is 15.9 Å². The van der Waals surface area contributed by atoms with Crippen molar-refractivity contribution in [2.75, 3.05) is 7.11 Å². The number of hydrogen-bond acceptors (Lipinski definition) is 2. The van der Waals surface area contributed by atoms with Crippen molar-refractivity contribution in [3.63, 3.8) is 0 Å². The molecule has 4 heteroatoms. The number of aliphatic carboxylic acids is 1. The molecule has 1 fully saturated rings. The summed E-state index contributed by atoms with van der Waals surface area (Å²) in [5.41, 5.74) is 3.24. The number of aryl methyl sites for hydroxylation is 1. The minimum atomic E-state index is -0.734. The Labute approximate surface area is 122 Å². The van der Waals surface area contributed by atoms with Gasteiger partial charge < -0.3 is 9.84 Å². The maximum absolute atomic E-state index is 11.1. The summed E-state index contributed by atoms with van der Waals surface area (Å²) in [4.78, 5) is 11.1. The average Bonchev–Trinajstić information content (AvgIpc) is 3.10. The van der Waals surface area contributed by atoms with Crippen LogP contribution in [0, 0.1) is 19.8 Å². The quantitative estimate of drug-likeness (QED) is 0.888. The van der Waals surface area contributed by atoms with E-state index in [1.54, 1.807) is 7.11 Å². The zero-order valence-corrected chi connectivity index (χ0v) is 13.1. The molecule has 0 aromatic heterocycles. The van der Waals surface area contributed by atoms with Crippen LogP contribution in [0.4, 0.5) is 0 Å². The summed E-state index contributed by atoms with van der Waals surface area (Å²) in [6.07, 6.45) is 2.44. The first-order chi connectivity index (χ1) is 8.95. The van der Waals surface area contributed by atoms with E-state index in [1.165, 1.54) is 0 Å². The second-order valence-electron chi connectivity index (χ2n) is 5.29. The molecule has 0 aliphatic heterocycles. The predicted octanol–water partition coefficient (Wildman–Crippen LogP) is 4.04. The lowest BCUT2D eigenvalue weighted by Crippen LogP contribution is -2.11. The number of halogens is 1. The fourth-order valence-corrected chi connectivity index (χ4v) is 3.83. The van der Waals surface area contributed by atoms with Crippen LogP contribution in [0.2, 0.25) is 0 Å². The van der Waals surface area contributed by atoms with Crippen molar-refractivity contribution in [2.24, 2.45) is 5.92 Å². The molecule has 1 aromatic carbocycles. The summed E-state index contributed by atoms with van der Waals surface area (Å²) < 4.78 is 6.46. The van der Waals surface area contributed by atoms with E-state index in [4.69, 9.17) is 9.84 Å². The molecule has 1 aliphatic rings. The molecule has 2 rings (SSSR count). The molecule has 19 heavy (non-hydrogen) atoms. The summed E-state index contributed by atoms with van der Waals surface area (Å²) in [5, 5.41) is 9.14. The van der Waals surface area contributed by atoms with E-state index in [0.29, 0.717) is 5.92 Å². The van der Waals surface area contributed by atoms with Crippen molar-refractivity contribution in [2.45, 2.75) is 39.0 Å². The minimum Gasteiger partial charge on any atom is -0.496 e. The summed E-state index contributed by atoms with van der Waals surface area (Å²) in [7, 11) is 1.66. The highest BCUT2D eigenvalue weighted by molar-refractivity contribution is 9.10. The molecule has 1 atom stereocenters. The van der Waals surface area contributed by atoms with Gasteiger partial charge >= 0.3 is 5.97 Å². The molecular formula is C15H19BrO3. The normalized spacial score (nSPS) is 16.2. The van der Waals surface area contributed by atoms with Crippen molar-refractivity contribution < 1.29 is 14.6 Å². The van der Waals surface area contributed by atoms with E-state index >= 15 is 0 Å². The smallest absolute Gasteiger partial charge is 0.303 e. The Morgan fingerprint density at radius 1 is 1.53 bits per heavy atom. The SMILES string of the molecule is COc1c(C)cc(Br)c(C(CC(=O)O)C2CC2)c1C. The highest BCUT2D eigenvalue weighted by Crippen LogP contribution is 2.49. The van der Waals surface area contributed by atoms with E-state index < -0.39 is 5.97 Å². The van der Waals surface area contributed by atoms with Crippen molar-refractivity contribution in [1.29, 1.82) is 0 Å². The zero-order chi connectivity index (χ0) is 14.2. The number of ether oxygens (including phenoxy) is 1. The number of carboxylic acid groups (broad SMARTS) is 1. The fraction of sp³-hybridized carbons (Fsp3) is 0.533. The molecule has 1 saturated carbocycles. The molecule has 3 nitrogen and oxygen atoms in total. The van der Waals surface area contributed by atoms with Crippen LogP contribution in [0.5, 0.6) is 5.75 Å². The Morgan fingerprint density at radius 3 is 2.63 bits per heavy atom. The lowest BCUT2D eigenvalue weighted by Gasteiger charge is -2.22. The zero-order valence-electron chi connectivity index (χ0n) is 11.5. The molecule has 0 saturated heterocycles. The molecule has 0 radical (unpaired) electrons. The molecular weight excluding hydrogens is 308 g/mol. The van der Waals surface area contributed by atoms with Gasteiger partial charge in [-0.1, -0.05) is 15.9 Å². The standard InChI is InChI=1S/C15H19BrO3/c1-8-6-12(16)14(9(2)15(8)19-3)11(7-13(17)18)10-4-5-10/h6,10-11H,4-5,7H2,1-3H3,(H,17,18). The first-order valence-electron chi connectivity index (χ1n) is 6.51. The first kappa shape index (κ1) is 14.4. The first-order valence-corrected chi connectivity index (χ1v) is 7.30. The third-order valence-electron chi connectivity index (χ3n) is 3.86. The van der Waals surface area contributed by atoms with E-state index in [0.717, 1.165) is 39.8 Å². The predicted molar refractivity (Wildman–Crippen MR) is 77.9 cm³/mol. The van der Waals surface area contributed by atoms with Crippen molar-refractivity contribution in [3.8, 4) is 5.75 Å². The molecule has 0 heterocycles. The average molecular weight is 327 g/mol. The Bertz CT molecular complexity index is 507. The molecule has 1 unspecified atom stereocenters. The highest BCUT2D eigenvalue weighted by atomic mass is 79.9. The van der Waals surface area contributed by atoms with Gasteiger partial charge in [-0.15, -0.1) is 0 Å².